The lowest BCUT2D eigenvalue weighted by molar-refractivity contribution is 0.00578. The third kappa shape index (κ3) is 3.69. The van der Waals surface area contributed by atoms with E-state index in [0.29, 0.717) is 16.6 Å². The molecule has 148 valence electrons. The van der Waals surface area contributed by atoms with Gasteiger partial charge in [0.15, 0.2) is 17.3 Å². The Kier molecular flexibility index (Phi) is 5.10. The van der Waals surface area contributed by atoms with Crippen LogP contribution in [0, 0.1) is 18.6 Å². The normalized spacial score (nSPS) is 17.6. The van der Waals surface area contributed by atoms with Crippen molar-refractivity contribution in [3.63, 3.8) is 0 Å². The number of carbonyl (C=O) groups is 1. The van der Waals surface area contributed by atoms with Crippen LogP contribution in [0.1, 0.15) is 50.5 Å². The zero-order valence-corrected chi connectivity index (χ0v) is 16.9. The van der Waals surface area contributed by atoms with Gasteiger partial charge in [0.05, 0.1) is 11.2 Å². The highest BCUT2D eigenvalue weighted by Gasteiger charge is 2.52. The molecule has 4 nitrogen and oxygen atoms in total. The van der Waals surface area contributed by atoms with Crippen LogP contribution >= 0.6 is 0 Å². The average molecular weight is 388 g/mol. The van der Waals surface area contributed by atoms with Crippen molar-refractivity contribution < 1.29 is 27.6 Å². The first-order valence-electron chi connectivity index (χ1n) is 9.05. The summed E-state index contributed by atoms with van der Waals surface area (Å²) in [6.45, 7) is 10.6. The minimum atomic E-state index is -0.812. The molecule has 0 N–H and O–H groups in total. The summed E-state index contributed by atoms with van der Waals surface area (Å²) in [6, 6.07) is 6.73. The van der Waals surface area contributed by atoms with Gasteiger partial charge in [-0.15, -0.1) is 0 Å². The Morgan fingerprint density at radius 2 is 1.64 bits per heavy atom. The number of rotatable bonds is 4. The molecule has 2 aromatic carbocycles. The molecule has 3 rings (SSSR count). The molecule has 0 saturated carbocycles. The first kappa shape index (κ1) is 20.5. The molecule has 0 aromatic heterocycles. The van der Waals surface area contributed by atoms with Crippen LogP contribution in [0.5, 0.6) is 11.5 Å². The van der Waals surface area contributed by atoms with Crippen LogP contribution in [-0.2, 0) is 9.31 Å². The van der Waals surface area contributed by atoms with E-state index in [0.717, 1.165) is 6.07 Å². The zero-order valence-electron chi connectivity index (χ0n) is 16.9. The van der Waals surface area contributed by atoms with E-state index in [1.165, 1.54) is 13.0 Å². The minimum absolute atomic E-state index is 0.0882. The quantitative estimate of drug-likeness (QED) is 0.569. The fourth-order valence-electron chi connectivity index (χ4n) is 2.94. The van der Waals surface area contributed by atoms with Gasteiger partial charge in [0, 0.05) is 17.1 Å². The molecule has 1 saturated heterocycles. The van der Waals surface area contributed by atoms with E-state index in [2.05, 4.69) is 0 Å². The van der Waals surface area contributed by atoms with E-state index in [1.807, 2.05) is 27.7 Å². The molecule has 1 aliphatic heterocycles. The summed E-state index contributed by atoms with van der Waals surface area (Å²) < 4.78 is 45.6. The standard InChI is InChI=1S/C21H23BF2O4/c1-12-9-15(23)11-17(24)19(12)26-18-8-7-14(13(2)25)10-16(18)22-27-20(3,4)21(5,6)28-22/h7-11H,1-6H3. The molecule has 0 unspecified atom stereocenters. The van der Waals surface area contributed by atoms with Crippen molar-refractivity contribution in [2.75, 3.05) is 0 Å². The molecule has 0 radical (unpaired) electrons. The third-order valence-corrected chi connectivity index (χ3v) is 5.33. The first-order chi connectivity index (χ1) is 12.9. The molecule has 0 bridgehead atoms. The number of benzene rings is 2. The Morgan fingerprint density at radius 3 is 2.18 bits per heavy atom. The van der Waals surface area contributed by atoms with Gasteiger partial charge in [0.1, 0.15) is 11.6 Å². The number of ether oxygens (including phenoxy) is 1. The van der Waals surface area contributed by atoms with Crippen LogP contribution < -0.4 is 10.2 Å². The maximum absolute atomic E-state index is 14.3. The van der Waals surface area contributed by atoms with Gasteiger partial charge < -0.3 is 14.0 Å². The number of halogens is 2. The van der Waals surface area contributed by atoms with Crippen LogP contribution in [0.25, 0.3) is 0 Å². The monoisotopic (exact) mass is 388 g/mol. The Hall–Kier alpha value is -2.25. The highest BCUT2D eigenvalue weighted by atomic mass is 19.1. The molecule has 1 aliphatic rings. The van der Waals surface area contributed by atoms with Crippen molar-refractivity contribution in [1.82, 2.24) is 0 Å². The minimum Gasteiger partial charge on any atom is -0.454 e. The number of ketones is 1. The predicted octanol–water partition coefficient (Wildman–Crippen LogP) is 4.57. The van der Waals surface area contributed by atoms with Gasteiger partial charge in [-0.3, -0.25) is 4.79 Å². The second kappa shape index (κ2) is 6.97. The van der Waals surface area contributed by atoms with Crippen LogP contribution in [0.2, 0.25) is 0 Å². The van der Waals surface area contributed by atoms with E-state index in [9.17, 15) is 13.6 Å². The summed E-state index contributed by atoms with van der Waals surface area (Å²) >= 11 is 0. The smallest absolute Gasteiger partial charge is 0.454 e. The highest BCUT2D eigenvalue weighted by Crippen LogP contribution is 2.38. The van der Waals surface area contributed by atoms with Crippen molar-refractivity contribution in [2.24, 2.45) is 0 Å². The molecular formula is C21H23BF2O4. The third-order valence-electron chi connectivity index (χ3n) is 5.33. The molecule has 0 atom stereocenters. The molecule has 0 spiro atoms. The molecule has 0 amide bonds. The number of hydrogen-bond acceptors (Lipinski definition) is 4. The SMILES string of the molecule is CC(=O)c1ccc(Oc2c(C)cc(F)cc2F)c(B2OC(C)(C)C(C)(C)O2)c1. The molecule has 1 fully saturated rings. The summed E-state index contributed by atoms with van der Waals surface area (Å²) in [4.78, 5) is 11.9. The largest absolute Gasteiger partial charge is 0.498 e. The van der Waals surface area contributed by atoms with Gasteiger partial charge >= 0.3 is 7.12 Å². The van der Waals surface area contributed by atoms with Gasteiger partial charge in [0.2, 0.25) is 0 Å². The van der Waals surface area contributed by atoms with E-state index < -0.39 is 30.0 Å². The average Bonchev–Trinajstić information content (AvgIpc) is 2.78. The van der Waals surface area contributed by atoms with Crippen molar-refractivity contribution in [3.05, 3.63) is 53.1 Å². The second-order valence-electron chi connectivity index (χ2n) is 8.03. The Labute approximate surface area is 163 Å². The van der Waals surface area contributed by atoms with E-state index >= 15 is 0 Å². The van der Waals surface area contributed by atoms with Gasteiger partial charge in [0.25, 0.3) is 0 Å². The summed E-state index contributed by atoms with van der Waals surface area (Å²) in [5.41, 5.74) is 0.0343. The zero-order chi connectivity index (χ0) is 20.9. The van der Waals surface area contributed by atoms with Crippen molar-refractivity contribution in [3.8, 4) is 11.5 Å². The van der Waals surface area contributed by atoms with Crippen LogP contribution in [-0.4, -0.2) is 24.1 Å². The lowest BCUT2D eigenvalue weighted by Gasteiger charge is -2.32. The van der Waals surface area contributed by atoms with Gasteiger partial charge in [-0.2, -0.15) is 0 Å². The Bertz CT molecular complexity index is 901. The van der Waals surface area contributed by atoms with Gasteiger partial charge in [-0.25, -0.2) is 8.78 Å². The number of Topliss-reactive ketones (excluding diaryl/α,β-unsaturated/α-hetero) is 1. The highest BCUT2D eigenvalue weighted by molar-refractivity contribution is 6.63. The maximum atomic E-state index is 14.3. The second-order valence-corrected chi connectivity index (χ2v) is 8.03. The maximum Gasteiger partial charge on any atom is 0.498 e. The molecule has 0 aliphatic carbocycles. The van der Waals surface area contributed by atoms with Gasteiger partial charge in [-0.1, -0.05) is 0 Å². The van der Waals surface area contributed by atoms with Crippen molar-refractivity contribution in [2.45, 2.75) is 52.7 Å². The molecule has 2 aromatic rings. The number of carbonyl (C=O) groups excluding carboxylic acids is 1. The first-order valence-corrected chi connectivity index (χ1v) is 9.05. The Balaban J connectivity index is 2.07. The van der Waals surface area contributed by atoms with Crippen molar-refractivity contribution >= 4 is 18.4 Å². The molecular weight excluding hydrogens is 365 g/mol. The molecule has 28 heavy (non-hydrogen) atoms. The molecule has 1 heterocycles. The predicted molar refractivity (Wildman–Crippen MR) is 103 cm³/mol. The summed E-state index contributed by atoms with van der Waals surface area (Å²) in [7, 11) is -0.803. The molecule has 7 heteroatoms. The lowest BCUT2D eigenvalue weighted by Crippen LogP contribution is -2.41. The van der Waals surface area contributed by atoms with Gasteiger partial charge in [-0.05, 0) is 71.4 Å². The summed E-state index contributed by atoms with van der Waals surface area (Å²) in [5, 5.41) is 0. The van der Waals surface area contributed by atoms with E-state index in [-0.39, 0.29) is 17.3 Å². The van der Waals surface area contributed by atoms with Crippen LogP contribution in [0.15, 0.2) is 30.3 Å². The number of aryl methyl sites for hydroxylation is 1. The van der Waals surface area contributed by atoms with E-state index in [1.54, 1.807) is 25.1 Å². The number of hydrogen-bond donors (Lipinski definition) is 0. The fraction of sp³-hybridized carbons (Fsp3) is 0.381. The topological polar surface area (TPSA) is 44.8 Å². The van der Waals surface area contributed by atoms with Crippen molar-refractivity contribution in [1.29, 1.82) is 0 Å². The van der Waals surface area contributed by atoms with E-state index in [4.69, 9.17) is 14.0 Å². The lowest BCUT2D eigenvalue weighted by atomic mass is 9.77. The Morgan fingerprint density at radius 1 is 1.04 bits per heavy atom. The van der Waals surface area contributed by atoms with Crippen LogP contribution in [0.4, 0.5) is 8.78 Å². The fourth-order valence-corrected chi connectivity index (χ4v) is 2.94. The summed E-state index contributed by atoms with van der Waals surface area (Å²) in [6.07, 6.45) is 0. The summed E-state index contributed by atoms with van der Waals surface area (Å²) in [5.74, 6) is -1.44. The van der Waals surface area contributed by atoms with Crippen LogP contribution in [0.3, 0.4) is 0 Å².